The van der Waals surface area contributed by atoms with Crippen molar-refractivity contribution in [3.05, 3.63) is 66.0 Å². The van der Waals surface area contributed by atoms with Crippen LogP contribution in [0.5, 0.6) is 0 Å². The van der Waals surface area contributed by atoms with Gasteiger partial charge in [0.1, 0.15) is 0 Å². The number of aromatic nitrogens is 2. The van der Waals surface area contributed by atoms with Crippen molar-refractivity contribution in [1.29, 1.82) is 0 Å². The molecule has 3 aromatic rings. The van der Waals surface area contributed by atoms with Gasteiger partial charge in [0, 0.05) is 24.0 Å². The molecule has 0 radical (unpaired) electrons. The second kappa shape index (κ2) is 5.78. The summed E-state index contributed by atoms with van der Waals surface area (Å²) in [6, 6.07) is 14.8. The molecule has 3 heteroatoms. The molecule has 3 rings (SSSR count). The molecule has 2 heterocycles. The Hall–Kier alpha value is -2.29. The number of benzene rings is 1. The zero-order valence-corrected chi connectivity index (χ0v) is 11.7. The summed E-state index contributed by atoms with van der Waals surface area (Å²) in [7, 11) is 0. The van der Waals surface area contributed by atoms with Crippen molar-refractivity contribution in [3.63, 3.8) is 0 Å². The van der Waals surface area contributed by atoms with Crippen LogP contribution in [-0.2, 0) is 13.0 Å². The van der Waals surface area contributed by atoms with Crippen LogP contribution in [0.1, 0.15) is 24.5 Å². The van der Waals surface area contributed by atoms with Crippen molar-refractivity contribution in [2.45, 2.75) is 26.3 Å². The Morgan fingerprint density at radius 3 is 2.75 bits per heavy atom. The van der Waals surface area contributed by atoms with Crippen molar-refractivity contribution in [2.75, 3.05) is 5.32 Å². The number of aryl methyl sites for hydroxylation is 1. The number of anilines is 1. The second-order valence-electron chi connectivity index (χ2n) is 5.00. The summed E-state index contributed by atoms with van der Waals surface area (Å²) in [5.41, 5.74) is 4.92. The van der Waals surface area contributed by atoms with E-state index in [-0.39, 0.29) is 0 Å². The molecule has 0 saturated carbocycles. The number of fused-ring (bicyclic) bond motifs is 1. The lowest BCUT2D eigenvalue weighted by Crippen LogP contribution is -1.99. The van der Waals surface area contributed by atoms with Crippen LogP contribution in [0.4, 0.5) is 5.69 Å². The number of rotatable bonds is 5. The third-order valence-electron chi connectivity index (χ3n) is 3.48. The first-order valence-electron chi connectivity index (χ1n) is 7.11. The summed E-state index contributed by atoms with van der Waals surface area (Å²) >= 11 is 0. The lowest BCUT2D eigenvalue weighted by Gasteiger charge is -2.06. The fraction of sp³-hybridized carbons (Fsp3) is 0.235. The Kier molecular flexibility index (Phi) is 3.68. The molecule has 0 aliphatic rings. The quantitative estimate of drug-likeness (QED) is 0.758. The Labute approximate surface area is 119 Å². The minimum absolute atomic E-state index is 0.792. The molecule has 1 N–H and O–H groups in total. The van der Waals surface area contributed by atoms with Gasteiger partial charge >= 0.3 is 0 Å². The number of nitrogens with one attached hydrogen (secondary N) is 1. The van der Waals surface area contributed by atoms with E-state index in [0.717, 1.165) is 24.2 Å². The molecular weight excluding hydrogens is 246 g/mol. The highest BCUT2D eigenvalue weighted by Crippen LogP contribution is 2.15. The fourth-order valence-electron chi connectivity index (χ4n) is 2.40. The van der Waals surface area contributed by atoms with Crippen LogP contribution in [0.25, 0.3) is 5.52 Å². The molecule has 102 valence electrons. The van der Waals surface area contributed by atoms with Gasteiger partial charge in [-0.1, -0.05) is 31.5 Å². The summed E-state index contributed by atoms with van der Waals surface area (Å²) < 4.78 is 1.90. The van der Waals surface area contributed by atoms with E-state index in [1.54, 1.807) is 0 Å². The Balaban J connectivity index is 1.69. The van der Waals surface area contributed by atoms with E-state index in [2.05, 4.69) is 47.7 Å². The summed E-state index contributed by atoms with van der Waals surface area (Å²) in [6.45, 7) is 3.00. The molecule has 0 aliphatic heterocycles. The Bertz CT molecular complexity index is 683. The molecule has 0 saturated heterocycles. The van der Waals surface area contributed by atoms with Crippen molar-refractivity contribution in [2.24, 2.45) is 0 Å². The number of nitrogens with zero attached hydrogens (tertiary/aromatic N) is 2. The topological polar surface area (TPSA) is 29.3 Å². The molecule has 0 fully saturated rings. The van der Waals surface area contributed by atoms with E-state index in [1.807, 2.05) is 29.0 Å². The number of hydrogen-bond acceptors (Lipinski definition) is 2. The lowest BCUT2D eigenvalue weighted by atomic mass is 10.1. The minimum atomic E-state index is 0.792. The fourth-order valence-corrected chi connectivity index (χ4v) is 2.40. The largest absolute Gasteiger partial charge is 0.381 e. The number of pyridine rings is 1. The van der Waals surface area contributed by atoms with Crippen molar-refractivity contribution in [3.8, 4) is 0 Å². The summed E-state index contributed by atoms with van der Waals surface area (Å²) in [6.07, 6.45) is 6.23. The smallest absolute Gasteiger partial charge is 0.0711 e. The highest BCUT2D eigenvalue weighted by Gasteiger charge is 2.02. The summed E-state index contributed by atoms with van der Waals surface area (Å²) in [5, 5.41) is 7.80. The number of hydrogen-bond donors (Lipinski definition) is 1. The Morgan fingerprint density at radius 2 is 1.95 bits per heavy atom. The monoisotopic (exact) mass is 265 g/mol. The Morgan fingerprint density at radius 1 is 1.10 bits per heavy atom. The zero-order valence-electron chi connectivity index (χ0n) is 11.7. The van der Waals surface area contributed by atoms with Crippen LogP contribution >= 0.6 is 0 Å². The van der Waals surface area contributed by atoms with Crippen molar-refractivity contribution >= 4 is 11.2 Å². The van der Waals surface area contributed by atoms with Gasteiger partial charge < -0.3 is 5.32 Å². The van der Waals surface area contributed by atoms with Crippen LogP contribution in [0.15, 0.2) is 54.9 Å². The highest BCUT2D eigenvalue weighted by atomic mass is 15.2. The van der Waals surface area contributed by atoms with Crippen LogP contribution in [0, 0.1) is 0 Å². The predicted octanol–water partition coefficient (Wildman–Crippen LogP) is 3.90. The average molecular weight is 265 g/mol. The van der Waals surface area contributed by atoms with Gasteiger partial charge in [0.05, 0.1) is 11.7 Å². The van der Waals surface area contributed by atoms with Crippen LogP contribution < -0.4 is 5.32 Å². The van der Waals surface area contributed by atoms with Crippen LogP contribution in [0.3, 0.4) is 0 Å². The van der Waals surface area contributed by atoms with Crippen LogP contribution in [0.2, 0.25) is 0 Å². The van der Waals surface area contributed by atoms with E-state index < -0.39 is 0 Å². The third kappa shape index (κ3) is 2.67. The molecule has 0 bridgehead atoms. The third-order valence-corrected chi connectivity index (χ3v) is 3.48. The molecule has 3 nitrogen and oxygen atoms in total. The lowest BCUT2D eigenvalue weighted by molar-refractivity contribution is 0.922. The molecule has 20 heavy (non-hydrogen) atoms. The average Bonchev–Trinajstić information content (AvgIpc) is 2.90. The molecule has 2 aromatic heterocycles. The highest BCUT2D eigenvalue weighted by molar-refractivity contribution is 5.55. The molecule has 0 aliphatic carbocycles. The van der Waals surface area contributed by atoms with E-state index in [1.165, 1.54) is 17.5 Å². The first-order chi connectivity index (χ1) is 9.86. The zero-order chi connectivity index (χ0) is 13.8. The summed E-state index contributed by atoms with van der Waals surface area (Å²) in [4.78, 5) is 0. The molecule has 0 unspecified atom stereocenters. The van der Waals surface area contributed by atoms with Gasteiger partial charge in [0.15, 0.2) is 0 Å². The summed E-state index contributed by atoms with van der Waals surface area (Å²) in [5.74, 6) is 0. The molecular formula is C17H19N3. The van der Waals surface area contributed by atoms with Gasteiger partial charge in [0.2, 0.25) is 0 Å². The molecule has 1 aromatic carbocycles. The van der Waals surface area contributed by atoms with E-state index in [9.17, 15) is 0 Å². The molecule has 0 atom stereocenters. The van der Waals surface area contributed by atoms with Gasteiger partial charge in [-0.25, -0.2) is 4.52 Å². The SMILES string of the molecule is CCCc1ccc(NCc2cnn3ccccc23)cc1. The van der Waals surface area contributed by atoms with Gasteiger partial charge in [-0.3, -0.25) is 0 Å². The van der Waals surface area contributed by atoms with E-state index >= 15 is 0 Å². The van der Waals surface area contributed by atoms with Gasteiger partial charge in [0.25, 0.3) is 0 Å². The van der Waals surface area contributed by atoms with E-state index in [4.69, 9.17) is 0 Å². The maximum Gasteiger partial charge on any atom is 0.0711 e. The van der Waals surface area contributed by atoms with Gasteiger partial charge in [-0.2, -0.15) is 5.10 Å². The van der Waals surface area contributed by atoms with Crippen LogP contribution in [-0.4, -0.2) is 9.61 Å². The normalized spacial score (nSPS) is 10.8. The second-order valence-corrected chi connectivity index (χ2v) is 5.00. The first-order valence-corrected chi connectivity index (χ1v) is 7.11. The van der Waals surface area contributed by atoms with E-state index in [0.29, 0.717) is 0 Å². The first kappa shape index (κ1) is 12.7. The predicted molar refractivity (Wildman–Crippen MR) is 83.0 cm³/mol. The standard InChI is InChI=1S/C17H19N3/c1-2-5-14-7-9-16(10-8-14)18-12-15-13-19-20-11-4-3-6-17(15)20/h3-4,6-11,13,18H,2,5,12H2,1H3. The maximum absolute atomic E-state index is 4.35. The van der Waals surface area contributed by atoms with Gasteiger partial charge in [-0.15, -0.1) is 0 Å². The van der Waals surface area contributed by atoms with Crippen molar-refractivity contribution < 1.29 is 0 Å². The minimum Gasteiger partial charge on any atom is -0.381 e. The van der Waals surface area contributed by atoms with Crippen molar-refractivity contribution in [1.82, 2.24) is 9.61 Å². The molecule has 0 spiro atoms. The maximum atomic E-state index is 4.35. The van der Waals surface area contributed by atoms with Gasteiger partial charge in [-0.05, 0) is 36.2 Å². The molecule has 0 amide bonds.